The number of fused-ring (bicyclic) bond motifs is 1. The first-order valence-electron chi connectivity index (χ1n) is 11.5. The Morgan fingerprint density at radius 2 is 1.83 bits per heavy atom. The Balaban J connectivity index is 1.23. The van der Waals surface area contributed by atoms with Gasteiger partial charge < -0.3 is 5.32 Å². The lowest BCUT2D eigenvalue weighted by atomic mass is 9.95. The zero-order valence-electron chi connectivity index (χ0n) is 18.9. The van der Waals surface area contributed by atoms with E-state index in [9.17, 15) is 18.4 Å². The number of benzene rings is 3. The van der Waals surface area contributed by atoms with Crippen LogP contribution in [0.25, 0.3) is 22.2 Å². The number of amides is 1. The average Bonchev–Trinajstić information content (AvgIpc) is 3.29. The van der Waals surface area contributed by atoms with Crippen LogP contribution in [0.1, 0.15) is 28.8 Å². The summed E-state index contributed by atoms with van der Waals surface area (Å²) in [4.78, 5) is 25.9. The highest BCUT2D eigenvalue weighted by Crippen LogP contribution is 2.29. The summed E-state index contributed by atoms with van der Waals surface area (Å²) in [7, 11) is 0. The predicted octanol–water partition coefficient (Wildman–Crippen LogP) is 5.17. The van der Waals surface area contributed by atoms with E-state index in [0.717, 1.165) is 34.5 Å². The molecule has 5 rings (SSSR count). The van der Waals surface area contributed by atoms with E-state index in [1.54, 1.807) is 12.1 Å². The second-order valence-electron chi connectivity index (χ2n) is 8.85. The number of anilines is 1. The Morgan fingerprint density at radius 1 is 1.06 bits per heavy atom. The first-order chi connectivity index (χ1) is 17.0. The number of halogens is 2. The van der Waals surface area contributed by atoms with Crippen LogP contribution in [-0.2, 0) is 11.3 Å². The zero-order chi connectivity index (χ0) is 24.4. The van der Waals surface area contributed by atoms with Crippen molar-refractivity contribution in [2.24, 2.45) is 5.92 Å². The van der Waals surface area contributed by atoms with E-state index in [4.69, 9.17) is 0 Å². The number of hydrogen-bond donors (Lipinski definition) is 2. The Kier molecular flexibility index (Phi) is 6.37. The van der Waals surface area contributed by atoms with Crippen LogP contribution in [0.2, 0.25) is 0 Å². The molecule has 8 heteroatoms. The van der Waals surface area contributed by atoms with Crippen LogP contribution in [0, 0.1) is 17.6 Å². The molecular weight excluding hydrogens is 450 g/mol. The molecule has 1 aliphatic heterocycles. The lowest BCUT2D eigenvalue weighted by molar-refractivity contribution is -0.121. The molecule has 4 aromatic rings. The van der Waals surface area contributed by atoms with Crippen molar-refractivity contribution in [1.82, 2.24) is 15.1 Å². The van der Waals surface area contributed by atoms with Crippen LogP contribution < -0.4 is 5.32 Å². The van der Waals surface area contributed by atoms with Gasteiger partial charge in [-0.3, -0.25) is 19.6 Å². The molecule has 0 unspecified atom stereocenters. The monoisotopic (exact) mass is 474 g/mol. The normalized spacial score (nSPS) is 14.8. The Bertz CT molecular complexity index is 1380. The van der Waals surface area contributed by atoms with Crippen molar-refractivity contribution in [1.29, 1.82) is 0 Å². The molecule has 35 heavy (non-hydrogen) atoms. The summed E-state index contributed by atoms with van der Waals surface area (Å²) in [6, 6.07) is 16.4. The number of aromatic nitrogens is 2. The van der Waals surface area contributed by atoms with Gasteiger partial charge in [0.15, 0.2) is 0 Å². The molecule has 0 spiro atoms. The summed E-state index contributed by atoms with van der Waals surface area (Å²) in [5.41, 5.74) is 4.20. The number of carbonyl (C=O) groups excluding carboxylic acids is 2. The standard InChI is InChI=1S/C27H24F2N4O2/c28-21-6-5-20(24(29)13-21)15-33-11-9-19(10-12-33)27(35)30-22-7-8-25-23(14-22)26(32-31-25)18-3-1-17(16-34)2-4-18/h1-8,13-14,16,19H,9-12,15H2,(H,30,35)(H,31,32). The third-order valence-electron chi connectivity index (χ3n) is 6.52. The fourth-order valence-corrected chi connectivity index (χ4v) is 4.52. The minimum Gasteiger partial charge on any atom is -0.326 e. The Hall–Kier alpha value is -3.91. The number of piperidine rings is 1. The Morgan fingerprint density at radius 3 is 2.54 bits per heavy atom. The van der Waals surface area contributed by atoms with Gasteiger partial charge in [-0.2, -0.15) is 5.10 Å². The number of nitrogens with one attached hydrogen (secondary N) is 2. The smallest absolute Gasteiger partial charge is 0.227 e. The fourth-order valence-electron chi connectivity index (χ4n) is 4.52. The fraction of sp³-hybridized carbons (Fsp3) is 0.222. The van der Waals surface area contributed by atoms with Crippen LogP contribution in [0.5, 0.6) is 0 Å². The molecule has 1 aliphatic rings. The highest BCUT2D eigenvalue weighted by Gasteiger charge is 2.25. The third kappa shape index (κ3) is 4.97. The maximum Gasteiger partial charge on any atom is 0.227 e. The van der Waals surface area contributed by atoms with E-state index in [1.165, 1.54) is 12.1 Å². The van der Waals surface area contributed by atoms with Gasteiger partial charge in [-0.1, -0.05) is 30.3 Å². The first-order valence-corrected chi connectivity index (χ1v) is 11.5. The van der Waals surface area contributed by atoms with Gasteiger partial charge >= 0.3 is 0 Å². The van der Waals surface area contributed by atoms with Gasteiger partial charge in [0.2, 0.25) is 5.91 Å². The van der Waals surface area contributed by atoms with Crippen LogP contribution in [0.3, 0.4) is 0 Å². The summed E-state index contributed by atoms with van der Waals surface area (Å²) in [6.07, 6.45) is 2.12. The Labute approximate surface area is 201 Å². The van der Waals surface area contributed by atoms with Gasteiger partial charge in [0.1, 0.15) is 17.9 Å². The van der Waals surface area contributed by atoms with Gasteiger partial charge in [-0.05, 0) is 50.2 Å². The number of H-pyrrole nitrogens is 1. The summed E-state index contributed by atoms with van der Waals surface area (Å²) >= 11 is 0. The van der Waals surface area contributed by atoms with Crippen molar-refractivity contribution in [2.75, 3.05) is 18.4 Å². The summed E-state index contributed by atoms with van der Waals surface area (Å²) in [5.74, 6) is -1.31. The number of aromatic amines is 1. The van der Waals surface area contributed by atoms with Gasteiger partial charge in [0, 0.05) is 46.3 Å². The molecule has 0 radical (unpaired) electrons. The van der Waals surface area contributed by atoms with E-state index >= 15 is 0 Å². The predicted molar refractivity (Wildman–Crippen MR) is 130 cm³/mol. The second-order valence-corrected chi connectivity index (χ2v) is 8.85. The van der Waals surface area contributed by atoms with Crippen LogP contribution in [-0.4, -0.2) is 40.4 Å². The number of carbonyl (C=O) groups is 2. The molecule has 0 aliphatic carbocycles. The molecule has 1 saturated heterocycles. The van der Waals surface area contributed by atoms with Gasteiger partial charge in [-0.15, -0.1) is 0 Å². The molecule has 1 amide bonds. The highest BCUT2D eigenvalue weighted by atomic mass is 19.1. The van der Waals surface area contributed by atoms with Gasteiger partial charge in [-0.25, -0.2) is 8.78 Å². The third-order valence-corrected chi connectivity index (χ3v) is 6.52. The molecule has 2 heterocycles. The number of nitrogens with zero attached hydrogens (tertiary/aromatic N) is 2. The number of hydrogen-bond acceptors (Lipinski definition) is 4. The summed E-state index contributed by atoms with van der Waals surface area (Å²) in [5, 5.41) is 11.3. The molecule has 1 fully saturated rings. The lowest BCUT2D eigenvalue weighted by Gasteiger charge is -2.31. The topological polar surface area (TPSA) is 78.1 Å². The maximum absolute atomic E-state index is 14.0. The average molecular weight is 475 g/mol. The van der Waals surface area contributed by atoms with Crippen LogP contribution in [0.4, 0.5) is 14.5 Å². The van der Waals surface area contributed by atoms with E-state index in [2.05, 4.69) is 20.4 Å². The molecule has 1 aromatic heterocycles. The highest BCUT2D eigenvalue weighted by molar-refractivity contribution is 5.99. The molecule has 0 bridgehead atoms. The van der Waals surface area contributed by atoms with E-state index in [0.29, 0.717) is 49.3 Å². The van der Waals surface area contributed by atoms with Gasteiger partial charge in [0.25, 0.3) is 0 Å². The summed E-state index contributed by atoms with van der Waals surface area (Å²) in [6.45, 7) is 1.72. The van der Waals surface area contributed by atoms with Crippen molar-refractivity contribution >= 4 is 28.8 Å². The molecule has 0 saturated carbocycles. The summed E-state index contributed by atoms with van der Waals surface area (Å²) < 4.78 is 27.1. The lowest BCUT2D eigenvalue weighted by Crippen LogP contribution is -2.37. The first kappa shape index (κ1) is 22.9. The van der Waals surface area contributed by atoms with Crippen LogP contribution in [0.15, 0.2) is 60.7 Å². The number of likely N-dealkylation sites (tertiary alicyclic amines) is 1. The maximum atomic E-state index is 14.0. The van der Waals surface area contributed by atoms with Crippen molar-refractivity contribution in [3.63, 3.8) is 0 Å². The number of rotatable bonds is 6. The minimum absolute atomic E-state index is 0.0441. The van der Waals surface area contributed by atoms with Crippen molar-refractivity contribution < 1.29 is 18.4 Å². The quantitative estimate of drug-likeness (QED) is 0.378. The minimum atomic E-state index is -0.585. The van der Waals surface area contributed by atoms with Crippen molar-refractivity contribution in [3.8, 4) is 11.3 Å². The van der Waals surface area contributed by atoms with E-state index < -0.39 is 11.6 Å². The number of aldehydes is 1. The molecule has 6 nitrogen and oxygen atoms in total. The zero-order valence-corrected chi connectivity index (χ0v) is 18.9. The van der Waals surface area contributed by atoms with E-state index in [-0.39, 0.29) is 11.8 Å². The second kappa shape index (κ2) is 9.76. The van der Waals surface area contributed by atoms with Crippen molar-refractivity contribution in [3.05, 3.63) is 83.4 Å². The molecule has 0 atom stereocenters. The van der Waals surface area contributed by atoms with Crippen molar-refractivity contribution in [2.45, 2.75) is 19.4 Å². The van der Waals surface area contributed by atoms with Gasteiger partial charge in [0.05, 0.1) is 11.2 Å². The molecular formula is C27H24F2N4O2. The molecule has 3 aromatic carbocycles. The van der Waals surface area contributed by atoms with E-state index in [1.807, 2.05) is 30.3 Å². The molecule has 178 valence electrons. The van der Waals surface area contributed by atoms with Crippen LogP contribution >= 0.6 is 0 Å². The largest absolute Gasteiger partial charge is 0.326 e. The molecule has 2 N–H and O–H groups in total. The SMILES string of the molecule is O=Cc1ccc(-c2n[nH]c3ccc(NC(=O)C4CCN(Cc5ccc(F)cc5F)CC4)cc23)cc1.